The van der Waals surface area contributed by atoms with Crippen molar-refractivity contribution in [1.29, 1.82) is 0 Å². The van der Waals surface area contributed by atoms with Gasteiger partial charge in [0.05, 0.1) is 18.2 Å². The third-order valence-corrected chi connectivity index (χ3v) is 7.01. The van der Waals surface area contributed by atoms with E-state index in [0.29, 0.717) is 17.0 Å². The van der Waals surface area contributed by atoms with Gasteiger partial charge in [-0.1, -0.05) is 18.3 Å². The lowest BCUT2D eigenvalue weighted by Crippen LogP contribution is -2.37. The highest BCUT2D eigenvalue weighted by Crippen LogP contribution is 2.20. The van der Waals surface area contributed by atoms with Gasteiger partial charge in [0, 0.05) is 25.8 Å². The molecule has 138 valence electrons. The summed E-state index contributed by atoms with van der Waals surface area (Å²) in [5.74, 6) is 0.518. The minimum absolute atomic E-state index is 0.0613. The number of aromatic nitrogens is 2. The van der Waals surface area contributed by atoms with E-state index in [9.17, 15) is 8.42 Å². The number of hydrogen-bond acceptors (Lipinski definition) is 8. The van der Waals surface area contributed by atoms with Gasteiger partial charge in [0.1, 0.15) is 0 Å². The zero-order valence-corrected chi connectivity index (χ0v) is 16.7. The van der Waals surface area contributed by atoms with E-state index in [0.717, 1.165) is 37.9 Å². The summed E-state index contributed by atoms with van der Waals surface area (Å²) in [4.78, 5) is 2.14. The lowest BCUT2D eigenvalue weighted by molar-refractivity contribution is 0.147. The average Bonchev–Trinajstić information content (AvgIpc) is 3.07. The van der Waals surface area contributed by atoms with Crippen molar-refractivity contribution in [2.24, 2.45) is 0 Å². The molecule has 1 aliphatic rings. The fourth-order valence-corrected chi connectivity index (χ4v) is 5.47. The first-order valence-corrected chi connectivity index (χ1v) is 11.3. The highest BCUT2D eigenvalue weighted by molar-refractivity contribution is 7.91. The molecule has 0 amide bonds. The Morgan fingerprint density at radius 1 is 1.50 bits per heavy atom. The number of hydrogen-bond donors (Lipinski definition) is 1. The van der Waals surface area contributed by atoms with Crippen LogP contribution in [0.15, 0.2) is 0 Å². The van der Waals surface area contributed by atoms with Crippen molar-refractivity contribution in [3.63, 3.8) is 0 Å². The van der Waals surface area contributed by atoms with Gasteiger partial charge < -0.3 is 10.1 Å². The Morgan fingerprint density at radius 3 is 2.92 bits per heavy atom. The van der Waals surface area contributed by atoms with Crippen molar-refractivity contribution in [1.82, 2.24) is 14.7 Å². The molecule has 1 aromatic heterocycles. The third kappa shape index (κ3) is 5.76. The summed E-state index contributed by atoms with van der Waals surface area (Å²) in [6.45, 7) is 7.58. The van der Waals surface area contributed by atoms with Crippen LogP contribution in [0.2, 0.25) is 0 Å². The molecule has 24 heavy (non-hydrogen) atoms. The molecule has 0 aliphatic carbocycles. The van der Waals surface area contributed by atoms with E-state index in [1.165, 1.54) is 11.3 Å². The molecule has 2 rings (SSSR count). The molecular weight excluding hydrogens is 368 g/mol. The second-order valence-electron chi connectivity index (χ2n) is 5.75. The first kappa shape index (κ1) is 19.8. The molecule has 1 N–H and O–H groups in total. The summed E-state index contributed by atoms with van der Waals surface area (Å²) in [6, 6.07) is 0.0613. The molecule has 0 aromatic carbocycles. The van der Waals surface area contributed by atoms with Gasteiger partial charge >= 0.3 is 0 Å². The molecule has 0 radical (unpaired) electrons. The Kier molecular flexibility index (Phi) is 7.60. The first-order chi connectivity index (χ1) is 11.4. The van der Waals surface area contributed by atoms with Crippen molar-refractivity contribution in [2.45, 2.75) is 39.4 Å². The summed E-state index contributed by atoms with van der Waals surface area (Å²) in [5, 5.41) is 8.57. The minimum Gasteiger partial charge on any atom is -0.382 e. The van der Waals surface area contributed by atoms with Crippen molar-refractivity contribution in [2.75, 3.05) is 43.1 Å². The van der Waals surface area contributed by atoms with Gasteiger partial charge in [-0.05, 0) is 38.5 Å². The van der Waals surface area contributed by atoms with Gasteiger partial charge in [-0.2, -0.15) is 0 Å². The van der Waals surface area contributed by atoms with Gasteiger partial charge in [0.15, 0.2) is 13.8 Å². The second kappa shape index (κ2) is 9.23. The van der Waals surface area contributed by atoms with Crippen LogP contribution in [0.5, 0.6) is 0 Å². The van der Waals surface area contributed by atoms with Crippen LogP contribution in [-0.2, 0) is 21.2 Å². The Balaban J connectivity index is 1.90. The molecule has 7 nitrogen and oxygen atoms in total. The number of sulfone groups is 1. The molecule has 2 heterocycles. The van der Waals surface area contributed by atoms with Crippen LogP contribution < -0.4 is 5.32 Å². The maximum absolute atomic E-state index is 11.7. The van der Waals surface area contributed by atoms with Crippen LogP contribution >= 0.6 is 23.6 Å². The first-order valence-electron chi connectivity index (χ1n) is 8.29. The molecule has 10 heteroatoms. The van der Waals surface area contributed by atoms with Gasteiger partial charge in [-0.3, -0.25) is 4.90 Å². The molecule has 0 bridgehead atoms. The van der Waals surface area contributed by atoms with Crippen LogP contribution in [0.3, 0.4) is 0 Å². The van der Waals surface area contributed by atoms with E-state index >= 15 is 0 Å². The minimum atomic E-state index is -2.89. The van der Waals surface area contributed by atoms with Crippen LogP contribution in [0.1, 0.15) is 26.7 Å². The number of nitrogens with one attached hydrogen (secondary N) is 1. The summed E-state index contributed by atoms with van der Waals surface area (Å²) in [5.41, 5.74) is 0. The van der Waals surface area contributed by atoms with Crippen LogP contribution in [-0.4, -0.2) is 66.9 Å². The summed E-state index contributed by atoms with van der Waals surface area (Å²) in [6.07, 6.45) is 1.61. The SMILES string of the molecule is CCOCCCNc1nn(CN(CC)[C@H]2CCS(=O)(=O)C2)c(=S)s1. The highest BCUT2D eigenvalue weighted by atomic mass is 32.2. The number of anilines is 1. The Labute approximate surface area is 152 Å². The van der Waals surface area contributed by atoms with Gasteiger partial charge in [-0.15, -0.1) is 5.10 Å². The van der Waals surface area contributed by atoms with Crippen LogP contribution in [0.25, 0.3) is 0 Å². The molecule has 1 aliphatic heterocycles. The van der Waals surface area contributed by atoms with E-state index in [-0.39, 0.29) is 17.5 Å². The molecular formula is C14H26N4O3S3. The monoisotopic (exact) mass is 394 g/mol. The van der Waals surface area contributed by atoms with Gasteiger partial charge in [0.2, 0.25) is 5.13 Å². The molecule has 1 saturated heterocycles. The number of nitrogens with zero attached hydrogens (tertiary/aromatic N) is 3. The summed E-state index contributed by atoms with van der Waals surface area (Å²) < 4.78 is 31.2. The van der Waals surface area contributed by atoms with E-state index in [4.69, 9.17) is 17.0 Å². The number of ether oxygens (including phenoxy) is 1. The molecule has 0 spiro atoms. The lowest BCUT2D eigenvalue weighted by atomic mass is 10.2. The predicted octanol–water partition coefficient (Wildman–Crippen LogP) is 1.98. The average molecular weight is 395 g/mol. The third-order valence-electron chi connectivity index (χ3n) is 4.00. The predicted molar refractivity (Wildman–Crippen MR) is 100.0 cm³/mol. The Hall–Kier alpha value is -0.550. The fraction of sp³-hybridized carbons (Fsp3) is 0.857. The fourth-order valence-electron chi connectivity index (χ4n) is 2.69. The van der Waals surface area contributed by atoms with E-state index in [1.807, 2.05) is 13.8 Å². The number of rotatable bonds is 10. The van der Waals surface area contributed by atoms with Gasteiger partial charge in [0.25, 0.3) is 0 Å². The molecule has 0 unspecified atom stereocenters. The van der Waals surface area contributed by atoms with Crippen LogP contribution in [0, 0.1) is 3.95 Å². The normalized spacial score (nSPS) is 19.9. The molecule has 1 fully saturated rings. The van der Waals surface area contributed by atoms with Crippen LogP contribution in [0.4, 0.5) is 5.13 Å². The molecule has 0 saturated carbocycles. The van der Waals surface area contributed by atoms with Crippen molar-refractivity contribution < 1.29 is 13.2 Å². The quantitative estimate of drug-likeness (QED) is 0.480. The largest absolute Gasteiger partial charge is 0.382 e. The van der Waals surface area contributed by atoms with E-state index in [1.54, 1.807) is 4.68 Å². The Morgan fingerprint density at radius 2 is 2.29 bits per heavy atom. The van der Waals surface area contributed by atoms with E-state index in [2.05, 4.69) is 15.3 Å². The van der Waals surface area contributed by atoms with Crippen molar-refractivity contribution >= 4 is 38.5 Å². The summed E-state index contributed by atoms with van der Waals surface area (Å²) in [7, 11) is -2.89. The maximum Gasteiger partial charge on any atom is 0.204 e. The second-order valence-corrected chi connectivity index (χ2v) is 9.60. The lowest BCUT2D eigenvalue weighted by Gasteiger charge is -2.25. The van der Waals surface area contributed by atoms with Gasteiger partial charge in [-0.25, -0.2) is 13.1 Å². The zero-order chi connectivity index (χ0) is 17.6. The van der Waals surface area contributed by atoms with E-state index < -0.39 is 9.84 Å². The summed E-state index contributed by atoms with van der Waals surface area (Å²) >= 11 is 6.83. The molecule has 1 aromatic rings. The highest BCUT2D eigenvalue weighted by Gasteiger charge is 2.31. The topological polar surface area (TPSA) is 76.5 Å². The molecule has 1 atom stereocenters. The Bertz CT molecular complexity index is 671. The maximum atomic E-state index is 11.7. The standard InChI is InChI=1S/C14H26N4O3S3/c1-3-17(12-6-9-24(19,20)10-12)11-18-14(22)23-13(16-18)15-7-5-8-21-4-2/h12H,3-11H2,1-2H3,(H,15,16)/t12-/m0/s1. The van der Waals surface area contributed by atoms with Crippen molar-refractivity contribution in [3.05, 3.63) is 3.95 Å². The smallest absolute Gasteiger partial charge is 0.204 e. The van der Waals surface area contributed by atoms with Crippen molar-refractivity contribution in [3.8, 4) is 0 Å². The zero-order valence-electron chi connectivity index (χ0n) is 14.2.